The number of rotatable bonds is 6. The van der Waals surface area contributed by atoms with Crippen molar-refractivity contribution < 1.29 is 13.6 Å². The molecule has 1 N–H and O–H groups in total. The number of ketones is 1. The van der Waals surface area contributed by atoms with Crippen LogP contribution in [0.2, 0.25) is 0 Å². The highest BCUT2D eigenvalue weighted by Gasteiger charge is 2.29. The number of benzene rings is 1. The van der Waals surface area contributed by atoms with E-state index < -0.39 is 3.93 Å². The zero-order chi connectivity index (χ0) is 14.6. The van der Waals surface area contributed by atoms with Crippen molar-refractivity contribution >= 4 is 72.6 Å². The van der Waals surface area contributed by atoms with Gasteiger partial charge in [0.1, 0.15) is 0 Å². The number of hydrogen-bond donors (Lipinski definition) is 1. The van der Waals surface area contributed by atoms with Gasteiger partial charge in [-0.25, -0.2) is 0 Å². The third kappa shape index (κ3) is 5.41. The van der Waals surface area contributed by atoms with Crippen LogP contribution in [0.4, 0.5) is 14.5 Å². The van der Waals surface area contributed by atoms with Crippen molar-refractivity contribution in [3.05, 3.63) is 28.2 Å². The number of nitrogens with one attached hydrogen (secondary N) is 1. The molecule has 0 saturated carbocycles. The first-order chi connectivity index (χ1) is 8.75. The Morgan fingerprint density at radius 1 is 1.53 bits per heavy atom. The Morgan fingerprint density at radius 2 is 2.16 bits per heavy atom. The molecule has 0 bridgehead atoms. The van der Waals surface area contributed by atoms with E-state index in [4.69, 9.17) is 0 Å². The van der Waals surface area contributed by atoms with Crippen molar-refractivity contribution in [2.45, 2.75) is 21.2 Å². The zero-order valence-corrected chi connectivity index (χ0v) is 15.9. The fourth-order valence-corrected chi connectivity index (χ4v) is 2.91. The molecule has 1 aromatic rings. The summed E-state index contributed by atoms with van der Waals surface area (Å²) < 4.78 is 24.0. The summed E-state index contributed by atoms with van der Waals surface area (Å²) in [6, 6.07) is 4.57. The Bertz CT molecular complexity index is 466. The Kier molecular flexibility index (Phi) is 6.91. The van der Waals surface area contributed by atoms with Gasteiger partial charge in [-0.2, -0.15) is 8.78 Å². The number of Topliss-reactive ketones (excluding diaryl/α,β-unsaturated/α-hetero) is 1. The average molecular weight is 558 g/mol. The fraction of sp³-hybridized carbons (Fsp3) is 0.417. The smallest absolute Gasteiger partial charge is 0.322 e. The van der Waals surface area contributed by atoms with Gasteiger partial charge in [-0.1, -0.05) is 45.4 Å². The van der Waals surface area contributed by atoms with Crippen LogP contribution in [0.25, 0.3) is 0 Å². The lowest BCUT2D eigenvalue weighted by molar-refractivity contribution is -0.116. The van der Waals surface area contributed by atoms with Gasteiger partial charge in [-0.15, -0.1) is 0 Å². The van der Waals surface area contributed by atoms with Crippen LogP contribution in [0.5, 0.6) is 0 Å². The minimum atomic E-state index is -2.95. The van der Waals surface area contributed by atoms with Crippen LogP contribution in [0.15, 0.2) is 22.7 Å². The van der Waals surface area contributed by atoms with Gasteiger partial charge in [0.15, 0.2) is 5.78 Å². The summed E-state index contributed by atoms with van der Waals surface area (Å²) in [4.78, 5) is 11.7. The third-order valence-corrected chi connectivity index (χ3v) is 5.29. The predicted octanol–water partition coefficient (Wildman–Crippen LogP) is 5.13. The predicted molar refractivity (Wildman–Crippen MR) is 93.7 cm³/mol. The van der Waals surface area contributed by atoms with Crippen molar-refractivity contribution in [3.63, 3.8) is 0 Å². The molecule has 0 aliphatic carbocycles. The summed E-state index contributed by atoms with van der Waals surface area (Å²) in [5, 5.41) is 2.89. The summed E-state index contributed by atoms with van der Waals surface area (Å²) in [6.07, 6.45) is 0.762. The summed E-state index contributed by atoms with van der Waals surface area (Å²) in [6.45, 7) is 2.08. The zero-order valence-electron chi connectivity index (χ0n) is 10.0. The molecule has 1 rings (SSSR count). The van der Waals surface area contributed by atoms with Crippen LogP contribution in [0, 0.1) is 0 Å². The average Bonchev–Trinajstić information content (AvgIpc) is 2.35. The van der Waals surface area contributed by atoms with Crippen LogP contribution in [-0.4, -0.2) is 16.3 Å². The van der Waals surface area contributed by atoms with Gasteiger partial charge in [0, 0.05) is 38.3 Å². The normalized spacial score (nSPS) is 13.2. The van der Waals surface area contributed by atoms with Gasteiger partial charge in [0.2, 0.25) is 0 Å². The molecule has 106 valence electrons. The molecule has 0 radical (unpaired) electrons. The quantitative estimate of drug-likeness (QED) is 0.388. The molecule has 0 amide bonds. The highest BCUT2D eigenvalue weighted by atomic mass is 127. The lowest BCUT2D eigenvalue weighted by atomic mass is 10.2. The second kappa shape index (κ2) is 7.48. The molecule has 2 nitrogen and oxygen atoms in total. The van der Waals surface area contributed by atoms with Crippen LogP contribution < -0.4 is 5.32 Å². The standard InChI is InChI=1S/C12H12BrF2I2NO/c1-2-10(16)11(19)6-18-7-3-4-9(13)8(5-7)12(14,15)17/h3-5,10,18H,2,6H2,1H3. The topological polar surface area (TPSA) is 29.1 Å². The molecule has 0 spiro atoms. The number of carbonyl (C=O) groups excluding carboxylic acids is 1. The van der Waals surface area contributed by atoms with E-state index in [1.165, 1.54) is 6.07 Å². The number of halogens is 5. The molecule has 0 aromatic heterocycles. The maximum absolute atomic E-state index is 13.3. The number of carbonyl (C=O) groups is 1. The molecule has 19 heavy (non-hydrogen) atoms. The van der Waals surface area contributed by atoms with E-state index in [1.807, 2.05) is 6.92 Å². The first-order valence-corrected chi connectivity index (χ1v) is 8.64. The van der Waals surface area contributed by atoms with Crippen molar-refractivity contribution in [2.75, 3.05) is 11.9 Å². The second-order valence-electron chi connectivity index (χ2n) is 3.89. The van der Waals surface area contributed by atoms with Gasteiger partial charge in [0.25, 0.3) is 0 Å². The molecule has 1 aromatic carbocycles. The van der Waals surface area contributed by atoms with Crippen molar-refractivity contribution in [2.24, 2.45) is 0 Å². The van der Waals surface area contributed by atoms with Crippen LogP contribution in [0.1, 0.15) is 18.9 Å². The van der Waals surface area contributed by atoms with Crippen molar-refractivity contribution in [3.8, 4) is 0 Å². The SMILES string of the molecule is CCC(I)C(=O)CNc1ccc(Br)c(C(F)(F)I)c1. The van der Waals surface area contributed by atoms with E-state index in [-0.39, 0.29) is 21.8 Å². The molecule has 0 aliphatic rings. The number of anilines is 1. The van der Waals surface area contributed by atoms with Crippen molar-refractivity contribution in [1.29, 1.82) is 0 Å². The van der Waals surface area contributed by atoms with Crippen LogP contribution in [0.3, 0.4) is 0 Å². The Hall–Kier alpha value is 0.490. The van der Waals surface area contributed by atoms with Gasteiger partial charge in [-0.3, -0.25) is 4.79 Å². The van der Waals surface area contributed by atoms with E-state index in [1.54, 1.807) is 12.1 Å². The molecule has 7 heteroatoms. The third-order valence-electron chi connectivity index (χ3n) is 2.45. The van der Waals surface area contributed by atoms with E-state index in [2.05, 4.69) is 43.8 Å². The van der Waals surface area contributed by atoms with E-state index in [9.17, 15) is 13.6 Å². The van der Waals surface area contributed by atoms with Crippen LogP contribution in [-0.2, 0) is 8.72 Å². The van der Waals surface area contributed by atoms with Gasteiger partial charge in [0.05, 0.1) is 10.5 Å². The molecule has 0 fully saturated rings. The summed E-state index contributed by atoms with van der Waals surface area (Å²) >= 11 is 6.26. The second-order valence-corrected chi connectivity index (χ2v) is 7.60. The number of alkyl halides is 4. The van der Waals surface area contributed by atoms with Crippen molar-refractivity contribution in [1.82, 2.24) is 0 Å². The fourth-order valence-electron chi connectivity index (χ4n) is 1.38. The highest BCUT2D eigenvalue weighted by molar-refractivity contribution is 14.1. The molecule has 0 aliphatic heterocycles. The van der Waals surface area contributed by atoms with Crippen LogP contribution >= 0.6 is 61.1 Å². The molecule has 0 saturated heterocycles. The molecule has 1 unspecified atom stereocenters. The maximum Gasteiger partial charge on any atom is 0.322 e. The molecular formula is C12H12BrF2I2NO. The minimum Gasteiger partial charge on any atom is -0.378 e. The number of hydrogen-bond acceptors (Lipinski definition) is 2. The molecular weight excluding hydrogens is 546 g/mol. The lowest BCUT2D eigenvalue weighted by Crippen LogP contribution is -2.22. The summed E-state index contributed by atoms with van der Waals surface area (Å²) in [7, 11) is 0. The first kappa shape index (κ1) is 17.5. The Labute approximate surface area is 146 Å². The maximum atomic E-state index is 13.3. The largest absolute Gasteiger partial charge is 0.378 e. The summed E-state index contributed by atoms with van der Waals surface area (Å²) in [5.41, 5.74) is 0.412. The Morgan fingerprint density at radius 3 is 2.68 bits per heavy atom. The lowest BCUT2D eigenvalue weighted by Gasteiger charge is -2.14. The first-order valence-electron chi connectivity index (χ1n) is 5.53. The monoisotopic (exact) mass is 557 g/mol. The van der Waals surface area contributed by atoms with Gasteiger partial charge < -0.3 is 5.32 Å². The summed E-state index contributed by atoms with van der Waals surface area (Å²) in [5.74, 6) is 0.0637. The molecule has 0 heterocycles. The van der Waals surface area contributed by atoms with Gasteiger partial charge in [-0.05, 0) is 24.6 Å². The minimum absolute atomic E-state index is 0.0500. The van der Waals surface area contributed by atoms with E-state index in [0.29, 0.717) is 10.2 Å². The van der Waals surface area contributed by atoms with E-state index >= 15 is 0 Å². The van der Waals surface area contributed by atoms with Gasteiger partial charge >= 0.3 is 3.93 Å². The molecule has 1 atom stereocenters. The van der Waals surface area contributed by atoms with E-state index in [0.717, 1.165) is 29.0 Å². The Balaban J connectivity index is 2.79. The highest BCUT2D eigenvalue weighted by Crippen LogP contribution is 2.40.